The second-order valence-corrected chi connectivity index (χ2v) is 5.43. The van der Waals surface area contributed by atoms with Gasteiger partial charge in [0.25, 0.3) is 0 Å². The summed E-state index contributed by atoms with van der Waals surface area (Å²) in [5.41, 5.74) is 7.50. The van der Waals surface area contributed by atoms with Crippen LogP contribution in [0.4, 0.5) is 5.69 Å². The number of anilines is 1. The zero-order valence-electron chi connectivity index (χ0n) is 10.6. The molecule has 1 aromatic carbocycles. The molecular formula is C13H20BrNO2. The number of hydrogen-bond donors (Lipinski definition) is 1. The van der Waals surface area contributed by atoms with Gasteiger partial charge in [-0.25, -0.2) is 0 Å². The zero-order valence-corrected chi connectivity index (χ0v) is 12.2. The lowest BCUT2D eigenvalue weighted by atomic mass is 10.1. The van der Waals surface area contributed by atoms with E-state index in [-0.39, 0.29) is 5.60 Å². The van der Waals surface area contributed by atoms with Crippen molar-refractivity contribution in [3.8, 4) is 0 Å². The zero-order chi connectivity index (χ0) is 12.9. The van der Waals surface area contributed by atoms with E-state index in [0.717, 1.165) is 22.1 Å². The monoisotopic (exact) mass is 301 g/mol. The first-order chi connectivity index (χ1) is 7.96. The minimum absolute atomic E-state index is 0.139. The van der Waals surface area contributed by atoms with Gasteiger partial charge in [-0.2, -0.15) is 0 Å². The van der Waals surface area contributed by atoms with Crippen LogP contribution in [0, 0.1) is 0 Å². The quantitative estimate of drug-likeness (QED) is 0.647. The Morgan fingerprint density at radius 1 is 1.35 bits per heavy atom. The standard InChI is InChI=1S/C13H20BrNO2/c1-13(2,16-3)7-8-17-9-10-11(14)5-4-6-12(10)15/h4-6H,7-9,15H2,1-3H3. The fourth-order valence-electron chi connectivity index (χ4n) is 1.32. The summed E-state index contributed by atoms with van der Waals surface area (Å²) >= 11 is 3.47. The highest BCUT2D eigenvalue weighted by Gasteiger charge is 2.15. The number of nitrogen functional groups attached to an aromatic ring is 1. The van der Waals surface area contributed by atoms with E-state index in [2.05, 4.69) is 15.9 Å². The van der Waals surface area contributed by atoms with Crippen LogP contribution in [0.25, 0.3) is 0 Å². The van der Waals surface area contributed by atoms with Crippen LogP contribution >= 0.6 is 15.9 Å². The Hall–Kier alpha value is -0.580. The molecular weight excluding hydrogens is 282 g/mol. The minimum Gasteiger partial charge on any atom is -0.398 e. The lowest BCUT2D eigenvalue weighted by Crippen LogP contribution is -2.24. The Morgan fingerprint density at radius 2 is 2.06 bits per heavy atom. The number of benzene rings is 1. The van der Waals surface area contributed by atoms with Gasteiger partial charge in [0.2, 0.25) is 0 Å². The Balaban J connectivity index is 2.42. The van der Waals surface area contributed by atoms with E-state index in [1.807, 2.05) is 32.0 Å². The predicted octanol–water partition coefficient (Wildman–Crippen LogP) is 3.36. The van der Waals surface area contributed by atoms with Gasteiger partial charge >= 0.3 is 0 Å². The van der Waals surface area contributed by atoms with Gasteiger partial charge in [0.1, 0.15) is 0 Å². The molecule has 3 nitrogen and oxygen atoms in total. The van der Waals surface area contributed by atoms with E-state index in [1.165, 1.54) is 0 Å². The number of rotatable bonds is 6. The summed E-state index contributed by atoms with van der Waals surface area (Å²) < 4.78 is 11.9. The SMILES string of the molecule is COC(C)(C)CCOCc1c(N)cccc1Br. The molecule has 0 radical (unpaired) electrons. The highest BCUT2D eigenvalue weighted by atomic mass is 79.9. The first-order valence-corrected chi connectivity index (χ1v) is 6.41. The Labute approximate surface area is 111 Å². The molecule has 0 bridgehead atoms. The van der Waals surface area contributed by atoms with Crippen LogP contribution in [0.1, 0.15) is 25.8 Å². The van der Waals surface area contributed by atoms with Crippen LogP contribution in [0.5, 0.6) is 0 Å². The van der Waals surface area contributed by atoms with Gasteiger partial charge in [0.15, 0.2) is 0 Å². The van der Waals surface area contributed by atoms with Crippen LogP contribution in [0.2, 0.25) is 0 Å². The number of methoxy groups -OCH3 is 1. The lowest BCUT2D eigenvalue weighted by molar-refractivity contribution is -0.0124. The molecule has 0 aliphatic rings. The summed E-state index contributed by atoms with van der Waals surface area (Å²) in [6.07, 6.45) is 0.855. The smallest absolute Gasteiger partial charge is 0.0748 e. The minimum atomic E-state index is -0.139. The third kappa shape index (κ3) is 4.66. The first-order valence-electron chi connectivity index (χ1n) is 5.62. The molecule has 4 heteroatoms. The number of hydrogen-bond acceptors (Lipinski definition) is 3. The molecule has 1 rings (SSSR count). The normalized spacial score (nSPS) is 11.8. The molecule has 0 atom stereocenters. The maximum atomic E-state index is 5.88. The number of halogens is 1. The van der Waals surface area contributed by atoms with Crippen molar-refractivity contribution in [2.75, 3.05) is 19.5 Å². The fraction of sp³-hybridized carbons (Fsp3) is 0.538. The molecule has 0 fully saturated rings. The number of ether oxygens (including phenoxy) is 2. The maximum Gasteiger partial charge on any atom is 0.0748 e. The molecule has 0 aromatic heterocycles. The average molecular weight is 302 g/mol. The van der Waals surface area contributed by atoms with E-state index in [0.29, 0.717) is 13.2 Å². The second kappa shape index (κ2) is 6.38. The van der Waals surface area contributed by atoms with E-state index in [4.69, 9.17) is 15.2 Å². The van der Waals surface area contributed by atoms with E-state index in [1.54, 1.807) is 7.11 Å². The van der Waals surface area contributed by atoms with Crippen LogP contribution < -0.4 is 5.73 Å². The van der Waals surface area contributed by atoms with Crippen molar-refractivity contribution in [3.63, 3.8) is 0 Å². The van der Waals surface area contributed by atoms with Crippen molar-refractivity contribution in [1.82, 2.24) is 0 Å². The first kappa shape index (κ1) is 14.5. The molecule has 0 amide bonds. The van der Waals surface area contributed by atoms with Crippen LogP contribution in [-0.2, 0) is 16.1 Å². The topological polar surface area (TPSA) is 44.5 Å². The fourth-order valence-corrected chi connectivity index (χ4v) is 1.82. The van der Waals surface area contributed by atoms with Gasteiger partial charge in [0, 0.05) is 29.4 Å². The molecule has 0 spiro atoms. The molecule has 96 valence electrons. The maximum absolute atomic E-state index is 5.88. The van der Waals surface area contributed by atoms with Crippen LogP contribution in [0.3, 0.4) is 0 Å². The summed E-state index contributed by atoms with van der Waals surface area (Å²) in [5.74, 6) is 0. The van der Waals surface area contributed by atoms with Gasteiger partial charge in [-0.15, -0.1) is 0 Å². The molecule has 17 heavy (non-hydrogen) atoms. The largest absolute Gasteiger partial charge is 0.398 e. The van der Waals surface area contributed by atoms with Gasteiger partial charge in [-0.1, -0.05) is 22.0 Å². The third-order valence-corrected chi connectivity index (χ3v) is 3.55. The summed E-state index contributed by atoms with van der Waals surface area (Å²) in [6.45, 7) is 5.26. The molecule has 0 saturated heterocycles. The van der Waals surface area contributed by atoms with Crippen molar-refractivity contribution < 1.29 is 9.47 Å². The van der Waals surface area contributed by atoms with Crippen molar-refractivity contribution in [1.29, 1.82) is 0 Å². The third-order valence-electron chi connectivity index (χ3n) is 2.80. The summed E-state index contributed by atoms with van der Waals surface area (Å²) in [4.78, 5) is 0. The van der Waals surface area contributed by atoms with Crippen molar-refractivity contribution in [3.05, 3.63) is 28.2 Å². The Kier molecular flexibility index (Phi) is 5.43. The van der Waals surface area contributed by atoms with Crippen molar-refractivity contribution >= 4 is 21.6 Å². The van der Waals surface area contributed by atoms with E-state index < -0.39 is 0 Å². The summed E-state index contributed by atoms with van der Waals surface area (Å²) in [6, 6.07) is 5.76. The molecule has 1 aromatic rings. The van der Waals surface area contributed by atoms with Crippen molar-refractivity contribution in [2.24, 2.45) is 0 Å². The Bertz CT molecular complexity index is 346. The van der Waals surface area contributed by atoms with E-state index in [9.17, 15) is 0 Å². The van der Waals surface area contributed by atoms with Gasteiger partial charge in [0.05, 0.1) is 12.2 Å². The van der Waals surface area contributed by atoms with E-state index >= 15 is 0 Å². The van der Waals surface area contributed by atoms with Crippen LogP contribution in [-0.4, -0.2) is 19.3 Å². The average Bonchev–Trinajstić information content (AvgIpc) is 2.27. The molecule has 0 aliphatic heterocycles. The van der Waals surface area contributed by atoms with Gasteiger partial charge < -0.3 is 15.2 Å². The van der Waals surface area contributed by atoms with Crippen molar-refractivity contribution in [2.45, 2.75) is 32.5 Å². The predicted molar refractivity (Wildman–Crippen MR) is 73.9 cm³/mol. The molecule has 0 aliphatic carbocycles. The highest BCUT2D eigenvalue weighted by molar-refractivity contribution is 9.10. The van der Waals surface area contributed by atoms with Gasteiger partial charge in [-0.3, -0.25) is 0 Å². The molecule has 2 N–H and O–H groups in total. The van der Waals surface area contributed by atoms with Crippen LogP contribution in [0.15, 0.2) is 22.7 Å². The van der Waals surface area contributed by atoms with Gasteiger partial charge in [-0.05, 0) is 32.4 Å². The molecule has 0 heterocycles. The Morgan fingerprint density at radius 3 is 2.65 bits per heavy atom. The highest BCUT2D eigenvalue weighted by Crippen LogP contribution is 2.23. The second-order valence-electron chi connectivity index (χ2n) is 4.57. The molecule has 0 saturated carbocycles. The summed E-state index contributed by atoms with van der Waals surface area (Å²) in [5, 5.41) is 0. The lowest BCUT2D eigenvalue weighted by Gasteiger charge is -2.22. The number of nitrogens with two attached hydrogens (primary N) is 1. The summed E-state index contributed by atoms with van der Waals surface area (Å²) in [7, 11) is 1.71. The molecule has 0 unspecified atom stereocenters.